The minimum Gasteiger partial charge on any atom is -0.392 e. The number of carbonyl (C=O) groups excluding carboxylic acids is 2. The Bertz CT molecular complexity index is 691. The van der Waals surface area contributed by atoms with Crippen molar-refractivity contribution in [3.05, 3.63) is 42.0 Å². The zero-order valence-electron chi connectivity index (χ0n) is 15.8. The third-order valence-electron chi connectivity index (χ3n) is 5.64. The number of hydrogen-bond acceptors (Lipinski definition) is 4. The molecule has 2 fully saturated rings. The fraction of sp³-hybridized carbons (Fsp3) is 0.524. The second kappa shape index (κ2) is 8.67. The molecule has 0 bridgehead atoms. The molecule has 6 nitrogen and oxygen atoms in total. The summed E-state index contributed by atoms with van der Waals surface area (Å²) in [7, 11) is 1.51. The summed E-state index contributed by atoms with van der Waals surface area (Å²) < 4.78 is 4.97. The van der Waals surface area contributed by atoms with E-state index in [1.54, 1.807) is 15.9 Å². The monoisotopic (exact) mass is 372 g/mol. The molecule has 3 rings (SSSR count). The van der Waals surface area contributed by atoms with Gasteiger partial charge in [0.25, 0.3) is 0 Å². The van der Waals surface area contributed by atoms with Crippen LogP contribution in [0.5, 0.6) is 0 Å². The predicted molar refractivity (Wildman–Crippen MR) is 103 cm³/mol. The van der Waals surface area contributed by atoms with E-state index in [1.165, 1.54) is 7.11 Å². The van der Waals surface area contributed by atoms with Crippen LogP contribution in [0, 0.1) is 5.41 Å². The molecule has 146 valence electrons. The molecule has 0 aromatic heterocycles. The van der Waals surface area contributed by atoms with Gasteiger partial charge in [0.2, 0.25) is 11.8 Å². The first-order valence-corrected chi connectivity index (χ1v) is 9.51. The highest BCUT2D eigenvalue weighted by Gasteiger charge is 2.47. The van der Waals surface area contributed by atoms with Gasteiger partial charge in [-0.05, 0) is 30.9 Å². The minimum atomic E-state index is -0.502. The Morgan fingerprint density at radius 1 is 1.22 bits per heavy atom. The number of carbonyl (C=O) groups is 2. The van der Waals surface area contributed by atoms with Crippen molar-refractivity contribution in [2.75, 3.05) is 39.9 Å². The summed E-state index contributed by atoms with van der Waals surface area (Å²) in [5, 5.41) is 10.7. The molecule has 2 heterocycles. The minimum absolute atomic E-state index is 0.0502. The number of hydrogen-bond donors (Lipinski definition) is 1. The standard InChI is InChI=1S/C21H28N2O4/c1-27-14-20(26)22-12-5-11-21(15-22)16-23(13-10-18(21)24)19(25)9-8-17-6-3-2-4-7-17/h2-4,6-9,18,24H,5,10-16H2,1H3/b9-8+/t18-,21+/m1/s1. The van der Waals surface area contributed by atoms with Crippen LogP contribution >= 0.6 is 0 Å². The largest absolute Gasteiger partial charge is 0.392 e. The number of benzene rings is 1. The number of aliphatic hydroxyl groups excluding tert-OH is 1. The van der Waals surface area contributed by atoms with Crippen LogP contribution in [0.25, 0.3) is 6.08 Å². The van der Waals surface area contributed by atoms with E-state index in [2.05, 4.69) is 0 Å². The second-order valence-corrected chi connectivity index (χ2v) is 7.52. The maximum absolute atomic E-state index is 12.7. The third kappa shape index (κ3) is 4.57. The fourth-order valence-electron chi connectivity index (χ4n) is 4.16. The van der Waals surface area contributed by atoms with Gasteiger partial charge in [-0.1, -0.05) is 30.3 Å². The molecule has 27 heavy (non-hydrogen) atoms. The SMILES string of the molecule is COCC(=O)N1CCC[C@@]2(CN(C(=O)/C=C/c3ccccc3)CC[C@H]2O)C1. The summed E-state index contributed by atoms with van der Waals surface area (Å²) in [6.07, 6.45) is 5.09. The second-order valence-electron chi connectivity index (χ2n) is 7.52. The number of nitrogens with zero attached hydrogens (tertiary/aromatic N) is 2. The zero-order chi connectivity index (χ0) is 19.3. The van der Waals surface area contributed by atoms with Crippen molar-refractivity contribution in [2.24, 2.45) is 5.41 Å². The van der Waals surface area contributed by atoms with Crippen molar-refractivity contribution in [1.29, 1.82) is 0 Å². The first-order valence-electron chi connectivity index (χ1n) is 9.51. The number of piperidine rings is 2. The number of aliphatic hydroxyl groups is 1. The molecule has 6 heteroatoms. The topological polar surface area (TPSA) is 70.1 Å². The van der Waals surface area contributed by atoms with Gasteiger partial charge < -0.3 is 19.6 Å². The Labute approximate surface area is 160 Å². The van der Waals surface area contributed by atoms with E-state index >= 15 is 0 Å². The van der Waals surface area contributed by atoms with Gasteiger partial charge in [-0.25, -0.2) is 0 Å². The number of methoxy groups -OCH3 is 1. The van der Waals surface area contributed by atoms with Gasteiger partial charge >= 0.3 is 0 Å². The van der Waals surface area contributed by atoms with Gasteiger partial charge in [0, 0.05) is 44.8 Å². The van der Waals surface area contributed by atoms with E-state index < -0.39 is 11.5 Å². The van der Waals surface area contributed by atoms with Crippen LogP contribution in [0.15, 0.2) is 36.4 Å². The van der Waals surface area contributed by atoms with E-state index in [4.69, 9.17) is 4.74 Å². The van der Waals surface area contributed by atoms with Crippen molar-refractivity contribution in [2.45, 2.75) is 25.4 Å². The predicted octanol–water partition coefficient (Wildman–Crippen LogP) is 1.55. The van der Waals surface area contributed by atoms with Crippen molar-refractivity contribution in [1.82, 2.24) is 9.80 Å². The smallest absolute Gasteiger partial charge is 0.248 e. The molecular weight excluding hydrogens is 344 g/mol. The quantitative estimate of drug-likeness (QED) is 0.814. The molecule has 0 radical (unpaired) electrons. The van der Waals surface area contributed by atoms with Crippen molar-refractivity contribution in [3.63, 3.8) is 0 Å². The first kappa shape index (κ1) is 19.6. The van der Waals surface area contributed by atoms with Gasteiger partial charge in [-0.3, -0.25) is 9.59 Å². The van der Waals surface area contributed by atoms with Gasteiger partial charge in [0.1, 0.15) is 6.61 Å². The highest BCUT2D eigenvalue weighted by atomic mass is 16.5. The summed E-state index contributed by atoms with van der Waals surface area (Å²) in [5.41, 5.74) is 0.530. The van der Waals surface area contributed by atoms with Crippen LogP contribution in [0.3, 0.4) is 0 Å². The van der Waals surface area contributed by atoms with Crippen LogP contribution < -0.4 is 0 Å². The third-order valence-corrected chi connectivity index (χ3v) is 5.64. The molecule has 1 aromatic rings. The van der Waals surface area contributed by atoms with Crippen molar-refractivity contribution >= 4 is 17.9 Å². The summed E-state index contributed by atoms with van der Waals surface area (Å²) in [4.78, 5) is 28.5. The van der Waals surface area contributed by atoms with Crippen LogP contribution in [0.2, 0.25) is 0 Å². The molecule has 2 amide bonds. The van der Waals surface area contributed by atoms with E-state index in [9.17, 15) is 14.7 Å². The summed E-state index contributed by atoms with van der Waals surface area (Å²) >= 11 is 0. The lowest BCUT2D eigenvalue weighted by molar-refractivity contribution is -0.148. The average molecular weight is 372 g/mol. The normalized spacial score (nSPS) is 25.9. The lowest BCUT2D eigenvalue weighted by Crippen LogP contribution is -2.60. The maximum atomic E-state index is 12.7. The van der Waals surface area contributed by atoms with E-state index in [-0.39, 0.29) is 18.4 Å². The number of rotatable bonds is 4. The Hall–Kier alpha value is -2.18. The number of ether oxygens (including phenoxy) is 1. The lowest BCUT2D eigenvalue weighted by atomic mass is 9.71. The van der Waals surface area contributed by atoms with E-state index in [1.807, 2.05) is 36.4 Å². The Morgan fingerprint density at radius 2 is 1.96 bits per heavy atom. The van der Waals surface area contributed by atoms with Gasteiger partial charge in [0.05, 0.1) is 6.10 Å². The number of amides is 2. The maximum Gasteiger partial charge on any atom is 0.248 e. The van der Waals surface area contributed by atoms with Gasteiger partial charge in [-0.2, -0.15) is 0 Å². The van der Waals surface area contributed by atoms with Crippen molar-refractivity contribution < 1.29 is 19.4 Å². The molecule has 1 N–H and O–H groups in total. The highest BCUT2D eigenvalue weighted by molar-refractivity contribution is 5.91. The molecule has 2 saturated heterocycles. The van der Waals surface area contributed by atoms with Crippen LogP contribution in [-0.4, -0.2) is 72.7 Å². The zero-order valence-corrected chi connectivity index (χ0v) is 15.8. The summed E-state index contributed by atoms with van der Waals surface area (Å²) in [6, 6.07) is 9.71. The molecule has 1 spiro atoms. The fourth-order valence-corrected chi connectivity index (χ4v) is 4.16. The van der Waals surface area contributed by atoms with Crippen LogP contribution in [-0.2, 0) is 14.3 Å². The molecular formula is C21H28N2O4. The number of likely N-dealkylation sites (tertiary alicyclic amines) is 2. The molecule has 2 aliphatic rings. The molecule has 0 unspecified atom stereocenters. The molecule has 2 aliphatic heterocycles. The molecule has 1 aromatic carbocycles. The van der Waals surface area contributed by atoms with E-state index in [0.29, 0.717) is 32.6 Å². The molecule has 2 atom stereocenters. The molecule has 0 aliphatic carbocycles. The Balaban J connectivity index is 1.69. The first-order chi connectivity index (χ1) is 13.0. The Kier molecular flexibility index (Phi) is 6.29. The highest BCUT2D eigenvalue weighted by Crippen LogP contribution is 2.39. The summed E-state index contributed by atoms with van der Waals surface area (Å²) in [5.74, 6) is -0.110. The average Bonchev–Trinajstić information content (AvgIpc) is 2.69. The van der Waals surface area contributed by atoms with Gasteiger partial charge in [0.15, 0.2) is 0 Å². The van der Waals surface area contributed by atoms with Crippen LogP contribution in [0.1, 0.15) is 24.8 Å². The van der Waals surface area contributed by atoms with Crippen molar-refractivity contribution in [3.8, 4) is 0 Å². The van der Waals surface area contributed by atoms with E-state index in [0.717, 1.165) is 18.4 Å². The van der Waals surface area contributed by atoms with Gasteiger partial charge in [-0.15, -0.1) is 0 Å². The molecule has 0 saturated carbocycles. The van der Waals surface area contributed by atoms with Crippen LogP contribution in [0.4, 0.5) is 0 Å². The summed E-state index contributed by atoms with van der Waals surface area (Å²) in [6.45, 7) is 2.21. The Morgan fingerprint density at radius 3 is 2.70 bits per heavy atom. The lowest BCUT2D eigenvalue weighted by Gasteiger charge is -2.50.